The topological polar surface area (TPSA) is 66.8 Å². The second kappa shape index (κ2) is 8.12. The van der Waals surface area contributed by atoms with Gasteiger partial charge in [-0.1, -0.05) is 64.8 Å². The van der Waals surface area contributed by atoms with E-state index in [2.05, 4.69) is 4.99 Å². The summed E-state index contributed by atoms with van der Waals surface area (Å²) in [6, 6.07) is 11.7. The van der Waals surface area contributed by atoms with E-state index in [-0.39, 0.29) is 35.1 Å². The van der Waals surface area contributed by atoms with Gasteiger partial charge in [-0.05, 0) is 29.8 Å². The van der Waals surface area contributed by atoms with E-state index >= 15 is 0 Å². The van der Waals surface area contributed by atoms with Gasteiger partial charge in [0.2, 0.25) is 0 Å². The molecule has 2 aliphatic rings. The molecule has 2 atom stereocenters. The number of amides is 1. The highest BCUT2D eigenvalue weighted by atomic mass is 35.5. The van der Waals surface area contributed by atoms with Gasteiger partial charge in [0, 0.05) is 10.3 Å². The van der Waals surface area contributed by atoms with Crippen LogP contribution in [0, 0.1) is 0 Å². The van der Waals surface area contributed by atoms with Gasteiger partial charge in [-0.2, -0.15) is 4.99 Å². The Kier molecular flexibility index (Phi) is 5.88. The second-order valence-electron chi connectivity index (χ2n) is 6.83. The van der Waals surface area contributed by atoms with E-state index in [1.165, 1.54) is 11.8 Å². The summed E-state index contributed by atoms with van der Waals surface area (Å²) in [5, 5.41) is 1.53. The number of halogens is 3. The van der Waals surface area contributed by atoms with Crippen LogP contribution in [0.25, 0.3) is 0 Å². The number of carbonyl (C=O) groups excluding carboxylic acids is 1. The summed E-state index contributed by atoms with van der Waals surface area (Å²) in [4.78, 5) is 18.6. The van der Waals surface area contributed by atoms with Crippen molar-refractivity contribution in [3.8, 4) is 0 Å². The number of benzene rings is 2. The van der Waals surface area contributed by atoms with Crippen molar-refractivity contribution in [3.63, 3.8) is 0 Å². The number of hydrogen-bond acceptors (Lipinski definition) is 4. The van der Waals surface area contributed by atoms with E-state index in [0.717, 1.165) is 5.56 Å². The van der Waals surface area contributed by atoms with Crippen LogP contribution in [0.15, 0.2) is 47.5 Å². The van der Waals surface area contributed by atoms with Gasteiger partial charge in [0.05, 0.1) is 39.7 Å². The number of rotatable bonds is 3. The molecular weight excluding hydrogens is 475 g/mol. The molecule has 0 saturated carbocycles. The van der Waals surface area contributed by atoms with Crippen LogP contribution in [0.1, 0.15) is 5.56 Å². The van der Waals surface area contributed by atoms with Crippen molar-refractivity contribution in [3.05, 3.63) is 63.1 Å². The maximum atomic E-state index is 12.6. The number of fused-ring (bicyclic) bond motifs is 1. The zero-order chi connectivity index (χ0) is 20.8. The molecule has 2 fully saturated rings. The number of thioether (sulfide) groups is 1. The van der Waals surface area contributed by atoms with E-state index in [0.29, 0.717) is 25.9 Å². The molecule has 29 heavy (non-hydrogen) atoms. The maximum absolute atomic E-state index is 12.6. The van der Waals surface area contributed by atoms with E-state index in [4.69, 9.17) is 34.8 Å². The predicted octanol–water partition coefficient (Wildman–Crippen LogP) is 4.49. The van der Waals surface area contributed by atoms with Crippen LogP contribution in [0.3, 0.4) is 0 Å². The third kappa shape index (κ3) is 4.44. The van der Waals surface area contributed by atoms with E-state index in [9.17, 15) is 13.2 Å². The fourth-order valence-corrected chi connectivity index (χ4v) is 8.09. The minimum Gasteiger partial charge on any atom is -0.313 e. The van der Waals surface area contributed by atoms with Crippen molar-refractivity contribution >= 4 is 73.2 Å². The lowest BCUT2D eigenvalue weighted by atomic mass is 10.1. The number of carbonyl (C=O) groups is 1. The molecule has 4 rings (SSSR count). The van der Waals surface area contributed by atoms with Gasteiger partial charge in [0.1, 0.15) is 0 Å². The fraction of sp³-hybridized carbons (Fsp3) is 0.263. The van der Waals surface area contributed by atoms with Gasteiger partial charge in [0.25, 0.3) is 5.91 Å². The smallest absolute Gasteiger partial charge is 0.252 e. The molecule has 0 unspecified atom stereocenters. The summed E-state index contributed by atoms with van der Waals surface area (Å²) in [5.74, 6) is -0.340. The lowest BCUT2D eigenvalue weighted by molar-refractivity contribution is -0.117. The molecule has 2 saturated heterocycles. The van der Waals surface area contributed by atoms with E-state index in [1.807, 2.05) is 0 Å². The van der Waals surface area contributed by atoms with Gasteiger partial charge in [-0.3, -0.25) is 4.79 Å². The van der Waals surface area contributed by atoms with Crippen molar-refractivity contribution < 1.29 is 13.2 Å². The first-order chi connectivity index (χ1) is 13.7. The summed E-state index contributed by atoms with van der Waals surface area (Å²) >= 11 is 19.9. The summed E-state index contributed by atoms with van der Waals surface area (Å²) < 4.78 is 24.3. The molecule has 2 aromatic carbocycles. The molecule has 0 aliphatic carbocycles. The molecule has 10 heteroatoms. The number of nitrogens with zero attached hydrogens (tertiary/aromatic N) is 2. The number of sulfone groups is 1. The Labute approximate surface area is 188 Å². The summed E-state index contributed by atoms with van der Waals surface area (Å²) in [7, 11) is -3.18. The van der Waals surface area contributed by atoms with Crippen LogP contribution >= 0.6 is 46.6 Å². The molecule has 0 bridgehead atoms. The summed E-state index contributed by atoms with van der Waals surface area (Å²) in [5.41, 5.74) is 1.27. The van der Waals surface area contributed by atoms with Gasteiger partial charge in [-0.15, -0.1) is 0 Å². The normalized spacial score (nSPS) is 24.1. The Hall–Kier alpha value is -1.25. The van der Waals surface area contributed by atoms with Gasteiger partial charge in [-0.25, -0.2) is 8.42 Å². The highest BCUT2D eigenvalue weighted by molar-refractivity contribution is 8.16. The highest BCUT2D eigenvalue weighted by Gasteiger charge is 2.50. The van der Waals surface area contributed by atoms with Gasteiger partial charge >= 0.3 is 0 Å². The molecule has 2 aromatic rings. The molecule has 1 amide bonds. The fourth-order valence-electron chi connectivity index (χ4n) is 3.47. The Morgan fingerprint density at radius 3 is 2.38 bits per heavy atom. The van der Waals surface area contributed by atoms with Crippen molar-refractivity contribution in [1.82, 2.24) is 0 Å². The summed E-state index contributed by atoms with van der Waals surface area (Å²) in [6.07, 6.45) is 0.110. The van der Waals surface area contributed by atoms with Crippen molar-refractivity contribution in [2.45, 2.75) is 17.7 Å². The molecular formula is C19H15Cl3N2O3S2. The largest absolute Gasteiger partial charge is 0.313 e. The zero-order valence-corrected chi connectivity index (χ0v) is 18.8. The SMILES string of the molecule is O=C(Cc1ccc(Cl)cc1)N=C1S[C@@H]2CS(=O)(=O)C[C@H]2N1c1c(Cl)cccc1Cl. The van der Waals surface area contributed by atoms with Crippen LogP contribution in [0.4, 0.5) is 5.69 Å². The van der Waals surface area contributed by atoms with Crippen LogP contribution < -0.4 is 4.90 Å². The van der Waals surface area contributed by atoms with Crippen molar-refractivity contribution in [2.24, 2.45) is 4.99 Å². The number of anilines is 1. The molecule has 0 radical (unpaired) electrons. The van der Waals surface area contributed by atoms with Gasteiger partial charge < -0.3 is 4.90 Å². The molecule has 0 aromatic heterocycles. The Balaban J connectivity index is 1.69. The average Bonchev–Trinajstić information content (AvgIpc) is 3.09. The second-order valence-corrected chi connectivity index (χ2v) is 11.4. The predicted molar refractivity (Wildman–Crippen MR) is 120 cm³/mol. The lowest BCUT2D eigenvalue weighted by Gasteiger charge is -2.26. The molecule has 152 valence electrons. The molecule has 5 nitrogen and oxygen atoms in total. The molecule has 0 N–H and O–H groups in total. The Bertz CT molecular complexity index is 1080. The number of hydrogen-bond donors (Lipinski definition) is 0. The Morgan fingerprint density at radius 1 is 1.07 bits per heavy atom. The molecule has 2 heterocycles. The first kappa shape index (κ1) is 21.0. The average molecular weight is 490 g/mol. The lowest BCUT2D eigenvalue weighted by Crippen LogP contribution is -2.38. The maximum Gasteiger partial charge on any atom is 0.252 e. The van der Waals surface area contributed by atoms with Gasteiger partial charge in [0.15, 0.2) is 15.0 Å². The Morgan fingerprint density at radius 2 is 1.72 bits per heavy atom. The number of para-hydroxylation sites is 1. The minimum absolute atomic E-state index is 0.0311. The monoisotopic (exact) mass is 488 g/mol. The first-order valence-corrected chi connectivity index (χ1v) is 12.5. The van der Waals surface area contributed by atoms with E-state index in [1.54, 1.807) is 47.4 Å². The van der Waals surface area contributed by atoms with Crippen LogP contribution in [-0.2, 0) is 21.1 Å². The van der Waals surface area contributed by atoms with Crippen molar-refractivity contribution in [1.29, 1.82) is 0 Å². The van der Waals surface area contributed by atoms with Crippen LogP contribution in [-0.4, -0.2) is 42.3 Å². The molecule has 0 spiro atoms. The minimum atomic E-state index is -3.18. The standard InChI is InChI=1S/C19H15Cl3N2O3S2/c20-12-6-4-11(5-7-12)8-17(25)23-19-24(18-13(21)2-1-3-14(18)22)15-9-29(26,27)10-16(15)28-19/h1-7,15-16H,8-10H2/t15-,16-/m1/s1. The van der Waals surface area contributed by atoms with Crippen molar-refractivity contribution in [2.75, 3.05) is 16.4 Å². The third-order valence-corrected chi connectivity index (χ3v) is 8.81. The molecule has 2 aliphatic heterocycles. The van der Waals surface area contributed by atoms with E-state index < -0.39 is 9.84 Å². The third-order valence-electron chi connectivity index (χ3n) is 4.73. The zero-order valence-electron chi connectivity index (χ0n) is 14.9. The summed E-state index contributed by atoms with van der Waals surface area (Å²) in [6.45, 7) is 0. The highest BCUT2D eigenvalue weighted by Crippen LogP contribution is 2.45. The number of aliphatic imine (C=N–C) groups is 1. The van der Waals surface area contributed by atoms with Crippen LogP contribution in [0.2, 0.25) is 15.1 Å². The van der Waals surface area contributed by atoms with Crippen LogP contribution in [0.5, 0.6) is 0 Å². The first-order valence-electron chi connectivity index (χ1n) is 8.70. The number of amidine groups is 1. The quantitative estimate of drug-likeness (QED) is 0.635.